The Labute approximate surface area is 128 Å². The predicted octanol–water partition coefficient (Wildman–Crippen LogP) is 2.29. The Kier molecular flexibility index (Phi) is 4.93. The maximum Gasteiger partial charge on any atom is 0.271 e. The number of ketones is 1. The van der Waals surface area contributed by atoms with E-state index in [2.05, 4.69) is 10.9 Å². The molecular formula is C17H17N3O2. The fraction of sp³-hybridized carbons (Fsp3) is 0.0588. The number of benzene rings is 2. The molecule has 0 radical (unpaired) electrons. The van der Waals surface area contributed by atoms with E-state index >= 15 is 0 Å². The van der Waals surface area contributed by atoms with Crippen molar-refractivity contribution in [3.05, 3.63) is 77.5 Å². The largest absolute Gasteiger partial charge is 0.398 e. The van der Waals surface area contributed by atoms with Crippen molar-refractivity contribution in [3.63, 3.8) is 0 Å². The highest BCUT2D eigenvalue weighted by Gasteiger charge is 2.08. The zero-order chi connectivity index (χ0) is 15.9. The van der Waals surface area contributed by atoms with E-state index < -0.39 is 0 Å². The summed E-state index contributed by atoms with van der Waals surface area (Å²) in [5.74, 6) is -0.503. The van der Waals surface area contributed by atoms with Gasteiger partial charge in [0.1, 0.15) is 0 Å². The molecule has 0 heterocycles. The van der Waals surface area contributed by atoms with Crippen molar-refractivity contribution < 1.29 is 9.59 Å². The highest BCUT2D eigenvalue weighted by Crippen LogP contribution is 2.09. The van der Waals surface area contributed by atoms with Gasteiger partial charge in [0.25, 0.3) is 5.91 Å². The molecule has 112 valence electrons. The number of hydrazine groups is 1. The highest BCUT2D eigenvalue weighted by atomic mass is 16.2. The number of nitrogens with one attached hydrogen (secondary N) is 2. The normalized spacial score (nSPS) is 10.9. The van der Waals surface area contributed by atoms with Gasteiger partial charge < -0.3 is 11.2 Å². The van der Waals surface area contributed by atoms with Gasteiger partial charge in [0.2, 0.25) is 0 Å². The molecule has 0 atom stereocenters. The SMILES string of the molecule is CC(=CC(=O)c1ccccc1)NNC(=O)c1ccccc1N. The number of anilines is 1. The van der Waals surface area contributed by atoms with Crippen molar-refractivity contribution in [3.8, 4) is 0 Å². The molecule has 2 rings (SSSR count). The standard InChI is InChI=1S/C17H17N3O2/c1-12(11-16(21)13-7-3-2-4-8-13)19-20-17(22)14-9-5-6-10-15(14)18/h2-11,19H,18H2,1H3,(H,20,22). The molecule has 0 unspecified atom stereocenters. The fourth-order valence-electron chi connectivity index (χ4n) is 1.84. The smallest absolute Gasteiger partial charge is 0.271 e. The van der Waals surface area contributed by atoms with E-state index in [1.165, 1.54) is 6.08 Å². The average molecular weight is 295 g/mol. The quantitative estimate of drug-likeness (QED) is 0.342. The molecule has 2 aromatic rings. The molecule has 22 heavy (non-hydrogen) atoms. The van der Waals surface area contributed by atoms with Gasteiger partial charge in [-0.1, -0.05) is 42.5 Å². The summed E-state index contributed by atoms with van der Waals surface area (Å²) in [7, 11) is 0. The summed E-state index contributed by atoms with van der Waals surface area (Å²) in [5.41, 5.74) is 12.8. The Hall–Kier alpha value is -3.08. The van der Waals surface area contributed by atoms with Crippen molar-refractivity contribution >= 4 is 17.4 Å². The van der Waals surface area contributed by atoms with Crippen molar-refractivity contribution in [2.24, 2.45) is 0 Å². The van der Waals surface area contributed by atoms with E-state index in [-0.39, 0.29) is 11.7 Å². The first-order valence-electron chi connectivity index (χ1n) is 6.76. The van der Waals surface area contributed by atoms with Crippen LogP contribution >= 0.6 is 0 Å². The number of hydrogen-bond donors (Lipinski definition) is 3. The Morgan fingerprint density at radius 3 is 2.27 bits per heavy atom. The number of carbonyl (C=O) groups is 2. The topological polar surface area (TPSA) is 84.2 Å². The molecule has 0 aliphatic heterocycles. The molecule has 5 heteroatoms. The Morgan fingerprint density at radius 1 is 0.955 bits per heavy atom. The van der Waals surface area contributed by atoms with Crippen LogP contribution in [0, 0.1) is 0 Å². The molecule has 0 aliphatic rings. The first-order valence-corrected chi connectivity index (χ1v) is 6.76. The molecule has 0 bridgehead atoms. The van der Waals surface area contributed by atoms with Crippen LogP contribution in [0.3, 0.4) is 0 Å². The van der Waals surface area contributed by atoms with Crippen LogP contribution in [0.1, 0.15) is 27.6 Å². The fourth-order valence-corrected chi connectivity index (χ4v) is 1.84. The molecule has 0 aromatic heterocycles. The van der Waals surface area contributed by atoms with Gasteiger partial charge in [-0.15, -0.1) is 0 Å². The zero-order valence-electron chi connectivity index (χ0n) is 12.2. The van der Waals surface area contributed by atoms with Crippen LogP contribution in [0.2, 0.25) is 0 Å². The van der Waals surface area contributed by atoms with E-state index in [1.54, 1.807) is 55.5 Å². The predicted molar refractivity (Wildman–Crippen MR) is 86.0 cm³/mol. The van der Waals surface area contributed by atoms with Crippen molar-refractivity contribution in [1.29, 1.82) is 0 Å². The Balaban J connectivity index is 1.97. The molecule has 0 saturated heterocycles. The van der Waals surface area contributed by atoms with E-state index in [0.29, 0.717) is 22.5 Å². The number of carbonyl (C=O) groups excluding carboxylic acids is 2. The maximum atomic E-state index is 12.0. The number of rotatable bonds is 5. The summed E-state index contributed by atoms with van der Waals surface area (Å²) < 4.78 is 0. The summed E-state index contributed by atoms with van der Waals surface area (Å²) in [4.78, 5) is 23.9. The second-order valence-corrected chi connectivity index (χ2v) is 4.72. The summed E-state index contributed by atoms with van der Waals surface area (Å²) in [6.45, 7) is 1.69. The number of amides is 1. The maximum absolute atomic E-state index is 12.0. The first kappa shape index (κ1) is 15.3. The van der Waals surface area contributed by atoms with E-state index in [1.807, 2.05) is 6.07 Å². The molecule has 5 nitrogen and oxygen atoms in total. The van der Waals surface area contributed by atoms with Crippen molar-refractivity contribution in [2.45, 2.75) is 6.92 Å². The molecular weight excluding hydrogens is 278 g/mol. The van der Waals surface area contributed by atoms with E-state index in [9.17, 15) is 9.59 Å². The Bertz CT molecular complexity index is 709. The van der Waals surface area contributed by atoms with Gasteiger partial charge in [0.05, 0.1) is 5.56 Å². The molecule has 0 saturated carbocycles. The minimum absolute atomic E-state index is 0.140. The Morgan fingerprint density at radius 2 is 1.59 bits per heavy atom. The lowest BCUT2D eigenvalue weighted by atomic mass is 10.1. The third kappa shape index (κ3) is 3.96. The minimum Gasteiger partial charge on any atom is -0.398 e. The lowest BCUT2D eigenvalue weighted by Crippen LogP contribution is -2.36. The highest BCUT2D eigenvalue weighted by molar-refractivity contribution is 6.04. The second kappa shape index (κ2) is 7.08. The van der Waals surface area contributed by atoms with Crippen LogP contribution in [0.5, 0.6) is 0 Å². The third-order valence-corrected chi connectivity index (χ3v) is 2.98. The van der Waals surface area contributed by atoms with Crippen LogP contribution < -0.4 is 16.6 Å². The number of allylic oxidation sites excluding steroid dienone is 2. The van der Waals surface area contributed by atoms with Gasteiger partial charge >= 0.3 is 0 Å². The second-order valence-electron chi connectivity index (χ2n) is 4.72. The van der Waals surface area contributed by atoms with E-state index in [0.717, 1.165) is 0 Å². The van der Waals surface area contributed by atoms with Gasteiger partial charge in [-0.2, -0.15) is 0 Å². The van der Waals surface area contributed by atoms with Gasteiger partial charge in [-0.3, -0.25) is 15.0 Å². The van der Waals surface area contributed by atoms with Crippen LogP contribution in [0.25, 0.3) is 0 Å². The summed E-state index contributed by atoms with van der Waals surface area (Å²) in [6, 6.07) is 15.7. The van der Waals surface area contributed by atoms with Crippen LogP contribution in [-0.2, 0) is 0 Å². The first-order chi connectivity index (χ1) is 10.6. The lowest BCUT2D eigenvalue weighted by molar-refractivity contribution is 0.0937. The van der Waals surface area contributed by atoms with Crippen LogP contribution in [-0.4, -0.2) is 11.7 Å². The van der Waals surface area contributed by atoms with Crippen LogP contribution in [0.15, 0.2) is 66.4 Å². The molecule has 0 aliphatic carbocycles. The third-order valence-electron chi connectivity index (χ3n) is 2.98. The summed E-state index contributed by atoms with van der Waals surface area (Å²) in [5, 5.41) is 0. The lowest BCUT2D eigenvalue weighted by Gasteiger charge is -2.10. The zero-order valence-corrected chi connectivity index (χ0v) is 12.2. The summed E-state index contributed by atoms with van der Waals surface area (Å²) >= 11 is 0. The van der Waals surface area contributed by atoms with Crippen LogP contribution in [0.4, 0.5) is 5.69 Å². The number of nitrogens with two attached hydrogens (primary N) is 1. The van der Waals surface area contributed by atoms with Crippen molar-refractivity contribution in [2.75, 3.05) is 5.73 Å². The minimum atomic E-state index is -0.363. The van der Waals surface area contributed by atoms with Gasteiger partial charge in [-0.25, -0.2) is 0 Å². The molecule has 4 N–H and O–H groups in total. The number of para-hydroxylation sites is 1. The molecule has 1 amide bonds. The van der Waals surface area contributed by atoms with Crippen molar-refractivity contribution in [1.82, 2.24) is 10.9 Å². The molecule has 0 spiro atoms. The summed E-state index contributed by atoms with van der Waals surface area (Å²) in [6.07, 6.45) is 1.42. The molecule has 0 fully saturated rings. The number of hydrogen-bond acceptors (Lipinski definition) is 4. The molecule has 2 aromatic carbocycles. The van der Waals surface area contributed by atoms with E-state index in [4.69, 9.17) is 5.73 Å². The average Bonchev–Trinajstić information content (AvgIpc) is 2.54. The van der Waals surface area contributed by atoms with Gasteiger partial charge in [-0.05, 0) is 19.1 Å². The van der Waals surface area contributed by atoms with Gasteiger partial charge in [0, 0.05) is 23.0 Å². The monoisotopic (exact) mass is 295 g/mol. The van der Waals surface area contributed by atoms with Gasteiger partial charge in [0.15, 0.2) is 5.78 Å². The number of nitrogen functional groups attached to an aromatic ring is 1.